The second kappa shape index (κ2) is 9.46. The first-order valence-corrected chi connectivity index (χ1v) is 12.8. The molecule has 4 bridgehead atoms. The molecule has 1 aromatic heterocycles. The number of nitrogens with one attached hydrogen (secondary N) is 3. The Morgan fingerprint density at radius 2 is 1.79 bits per heavy atom. The van der Waals surface area contributed by atoms with Crippen LogP contribution in [0.25, 0.3) is 10.9 Å². The SMILES string of the molecule is CC=C(C)CNCCNc1ccc2c(NC(=O)CC34CC5CC(CC(C5)C3)C4)cccc2n1. The van der Waals surface area contributed by atoms with Crippen LogP contribution in [-0.4, -0.2) is 30.5 Å². The third kappa shape index (κ3) is 5.08. The van der Waals surface area contributed by atoms with Crippen LogP contribution < -0.4 is 16.0 Å². The second-order valence-corrected chi connectivity index (χ2v) is 10.9. The van der Waals surface area contributed by atoms with E-state index >= 15 is 0 Å². The van der Waals surface area contributed by atoms with Gasteiger partial charge in [0.25, 0.3) is 0 Å². The van der Waals surface area contributed by atoms with Crippen molar-refractivity contribution in [3.05, 3.63) is 42.0 Å². The highest BCUT2D eigenvalue weighted by Crippen LogP contribution is 2.61. The minimum atomic E-state index is 0.175. The molecule has 1 amide bonds. The van der Waals surface area contributed by atoms with Gasteiger partial charge in [0.2, 0.25) is 5.91 Å². The second-order valence-electron chi connectivity index (χ2n) is 10.9. The molecule has 0 spiro atoms. The average molecular weight is 447 g/mol. The molecule has 4 aliphatic rings. The Labute approximate surface area is 197 Å². The number of benzene rings is 1. The fraction of sp³-hybridized carbons (Fsp3) is 0.571. The number of hydrogen-bond acceptors (Lipinski definition) is 4. The van der Waals surface area contributed by atoms with E-state index in [0.29, 0.717) is 6.42 Å². The minimum absolute atomic E-state index is 0.175. The van der Waals surface area contributed by atoms with Gasteiger partial charge >= 0.3 is 0 Å². The number of amides is 1. The van der Waals surface area contributed by atoms with Crippen LogP contribution >= 0.6 is 0 Å². The molecule has 0 radical (unpaired) electrons. The average Bonchev–Trinajstić information content (AvgIpc) is 2.77. The molecule has 6 rings (SSSR count). The number of rotatable bonds is 9. The summed E-state index contributed by atoms with van der Waals surface area (Å²) in [6, 6.07) is 10.1. The number of hydrogen-bond donors (Lipinski definition) is 3. The van der Waals surface area contributed by atoms with Crippen molar-refractivity contribution in [1.29, 1.82) is 0 Å². The van der Waals surface area contributed by atoms with E-state index in [4.69, 9.17) is 4.98 Å². The molecule has 0 atom stereocenters. The van der Waals surface area contributed by atoms with E-state index in [9.17, 15) is 4.79 Å². The fourth-order valence-electron chi connectivity index (χ4n) is 7.07. The Morgan fingerprint density at radius 1 is 1.06 bits per heavy atom. The summed E-state index contributed by atoms with van der Waals surface area (Å²) in [6.45, 7) is 6.80. The topological polar surface area (TPSA) is 66.0 Å². The summed E-state index contributed by atoms with van der Waals surface area (Å²) in [4.78, 5) is 17.9. The molecular formula is C28H38N4O. The van der Waals surface area contributed by atoms with Gasteiger partial charge in [-0.05, 0) is 99.8 Å². The molecule has 176 valence electrons. The first-order valence-electron chi connectivity index (χ1n) is 12.8. The predicted octanol–water partition coefficient (Wildman–Crippen LogP) is 5.75. The molecule has 2 aromatic rings. The summed E-state index contributed by atoms with van der Waals surface area (Å²) in [5.74, 6) is 3.66. The summed E-state index contributed by atoms with van der Waals surface area (Å²) in [7, 11) is 0. The number of pyridine rings is 1. The van der Waals surface area contributed by atoms with Crippen LogP contribution in [-0.2, 0) is 4.79 Å². The van der Waals surface area contributed by atoms with Crippen LogP contribution in [0.3, 0.4) is 0 Å². The van der Waals surface area contributed by atoms with Gasteiger partial charge in [-0.1, -0.05) is 17.7 Å². The first-order chi connectivity index (χ1) is 16.0. The number of carbonyl (C=O) groups excluding carboxylic acids is 1. The molecule has 33 heavy (non-hydrogen) atoms. The van der Waals surface area contributed by atoms with Crippen molar-refractivity contribution in [3.8, 4) is 0 Å². The zero-order chi connectivity index (χ0) is 22.8. The molecule has 0 saturated heterocycles. The third-order valence-electron chi connectivity index (χ3n) is 8.21. The van der Waals surface area contributed by atoms with Gasteiger partial charge in [0.05, 0.1) is 11.2 Å². The van der Waals surface area contributed by atoms with Crippen LogP contribution in [0.4, 0.5) is 11.5 Å². The highest BCUT2D eigenvalue weighted by Gasteiger charge is 2.51. The molecule has 0 unspecified atom stereocenters. The van der Waals surface area contributed by atoms with E-state index < -0.39 is 0 Å². The van der Waals surface area contributed by atoms with Crippen molar-refractivity contribution in [1.82, 2.24) is 10.3 Å². The van der Waals surface area contributed by atoms with E-state index in [0.717, 1.165) is 59.8 Å². The van der Waals surface area contributed by atoms with Gasteiger partial charge in [0, 0.05) is 31.4 Å². The molecule has 4 saturated carbocycles. The maximum atomic E-state index is 13.1. The Hall–Kier alpha value is -2.40. The Bertz CT molecular complexity index is 1010. The Balaban J connectivity index is 1.20. The number of nitrogens with zero attached hydrogens (tertiary/aromatic N) is 1. The van der Waals surface area contributed by atoms with Crippen LogP contribution in [0.2, 0.25) is 0 Å². The standard InChI is InChI=1S/C28H38N4O/c1-3-19(2)18-29-9-10-30-26-8-7-23-24(31-26)5-4-6-25(23)32-27(33)17-28-14-20-11-21(15-28)13-22(12-20)16-28/h3-8,20-22,29H,9-18H2,1-2H3,(H,30,31)(H,32,33). The van der Waals surface area contributed by atoms with Gasteiger partial charge < -0.3 is 16.0 Å². The molecule has 5 heteroatoms. The molecule has 1 heterocycles. The largest absolute Gasteiger partial charge is 0.369 e. The van der Waals surface area contributed by atoms with Crippen molar-refractivity contribution < 1.29 is 4.79 Å². The van der Waals surface area contributed by atoms with Gasteiger partial charge in [-0.2, -0.15) is 0 Å². The Morgan fingerprint density at radius 3 is 2.48 bits per heavy atom. The van der Waals surface area contributed by atoms with Crippen molar-refractivity contribution in [2.24, 2.45) is 23.2 Å². The lowest BCUT2D eigenvalue weighted by Gasteiger charge is -2.56. The van der Waals surface area contributed by atoms with E-state index in [1.54, 1.807) is 0 Å². The van der Waals surface area contributed by atoms with E-state index in [2.05, 4.69) is 41.9 Å². The van der Waals surface area contributed by atoms with E-state index in [1.807, 2.05) is 24.3 Å². The monoisotopic (exact) mass is 446 g/mol. The molecule has 3 N–H and O–H groups in total. The predicted molar refractivity (Wildman–Crippen MR) is 136 cm³/mol. The number of anilines is 2. The van der Waals surface area contributed by atoms with Crippen LogP contribution in [0.1, 0.15) is 58.8 Å². The molecule has 5 nitrogen and oxygen atoms in total. The molecular weight excluding hydrogens is 408 g/mol. The number of fused-ring (bicyclic) bond motifs is 1. The van der Waals surface area contributed by atoms with Crippen molar-refractivity contribution in [3.63, 3.8) is 0 Å². The van der Waals surface area contributed by atoms with Gasteiger partial charge in [-0.25, -0.2) is 4.98 Å². The van der Waals surface area contributed by atoms with E-state index in [1.165, 1.54) is 44.1 Å². The summed E-state index contributed by atoms with van der Waals surface area (Å²) < 4.78 is 0. The highest BCUT2D eigenvalue weighted by atomic mass is 16.1. The zero-order valence-corrected chi connectivity index (χ0v) is 20.1. The van der Waals surface area contributed by atoms with Crippen LogP contribution in [0.5, 0.6) is 0 Å². The van der Waals surface area contributed by atoms with Crippen molar-refractivity contribution >= 4 is 28.3 Å². The normalized spacial score (nSPS) is 28.3. The van der Waals surface area contributed by atoms with Crippen molar-refractivity contribution in [2.75, 3.05) is 30.3 Å². The highest BCUT2D eigenvalue weighted by molar-refractivity contribution is 6.01. The first kappa shape index (κ1) is 22.4. The quantitative estimate of drug-likeness (QED) is 0.339. The molecule has 0 aliphatic heterocycles. The van der Waals surface area contributed by atoms with E-state index in [-0.39, 0.29) is 11.3 Å². The lowest BCUT2D eigenvalue weighted by Crippen LogP contribution is -2.47. The number of allylic oxidation sites excluding steroid dienone is 1. The molecule has 1 aromatic carbocycles. The fourth-order valence-corrected chi connectivity index (χ4v) is 7.07. The maximum absolute atomic E-state index is 13.1. The third-order valence-corrected chi connectivity index (χ3v) is 8.21. The minimum Gasteiger partial charge on any atom is -0.369 e. The van der Waals surface area contributed by atoms with Crippen LogP contribution in [0, 0.1) is 23.2 Å². The zero-order valence-electron chi connectivity index (χ0n) is 20.1. The summed E-state index contributed by atoms with van der Waals surface area (Å²) in [6.07, 6.45) is 10.8. The maximum Gasteiger partial charge on any atom is 0.224 e. The smallest absolute Gasteiger partial charge is 0.224 e. The summed E-state index contributed by atoms with van der Waals surface area (Å²) in [5, 5.41) is 11.1. The van der Waals surface area contributed by atoms with Gasteiger partial charge in [0.1, 0.15) is 5.82 Å². The van der Waals surface area contributed by atoms with Gasteiger partial charge in [-0.3, -0.25) is 4.79 Å². The van der Waals surface area contributed by atoms with Crippen molar-refractivity contribution in [2.45, 2.75) is 58.8 Å². The number of aromatic nitrogens is 1. The van der Waals surface area contributed by atoms with Gasteiger partial charge in [-0.15, -0.1) is 0 Å². The lowest BCUT2D eigenvalue weighted by molar-refractivity contribution is -0.124. The Kier molecular flexibility index (Phi) is 6.42. The van der Waals surface area contributed by atoms with Crippen LogP contribution in [0.15, 0.2) is 42.0 Å². The lowest BCUT2D eigenvalue weighted by atomic mass is 9.49. The van der Waals surface area contributed by atoms with Gasteiger partial charge in [0.15, 0.2) is 0 Å². The molecule has 4 fully saturated rings. The summed E-state index contributed by atoms with van der Waals surface area (Å²) in [5.41, 5.74) is 3.39. The summed E-state index contributed by atoms with van der Waals surface area (Å²) >= 11 is 0. The number of carbonyl (C=O) groups is 1. The molecule has 4 aliphatic carbocycles.